The number of carbonyl (C=O) groups excluding carboxylic acids is 1. The van der Waals surface area contributed by atoms with Crippen molar-refractivity contribution >= 4 is 11.6 Å². The fourth-order valence-electron chi connectivity index (χ4n) is 2.69. The smallest absolute Gasteiger partial charge is 0.159 e. The molecule has 1 fully saturated rings. The Hall–Kier alpha value is -1.42. The van der Waals surface area contributed by atoms with Crippen molar-refractivity contribution in [3.8, 4) is 0 Å². The summed E-state index contributed by atoms with van der Waals surface area (Å²) in [6.07, 6.45) is 3.97. The first-order chi connectivity index (χ1) is 9.11. The van der Waals surface area contributed by atoms with Crippen LogP contribution < -0.4 is 4.90 Å². The third kappa shape index (κ3) is 3.32. The van der Waals surface area contributed by atoms with E-state index >= 15 is 0 Å². The van der Waals surface area contributed by atoms with Crippen molar-refractivity contribution < 1.29 is 4.79 Å². The number of aromatic nitrogens is 1. The van der Waals surface area contributed by atoms with Crippen molar-refractivity contribution in [3.63, 3.8) is 0 Å². The summed E-state index contributed by atoms with van der Waals surface area (Å²) in [6.45, 7) is 7.01. The second-order valence-electron chi connectivity index (χ2n) is 5.33. The second kappa shape index (κ2) is 6.15. The molecule has 0 N–H and O–H groups in total. The van der Waals surface area contributed by atoms with Crippen LogP contribution in [0.3, 0.4) is 0 Å². The number of anilines is 1. The van der Waals surface area contributed by atoms with Crippen LogP contribution in [0.5, 0.6) is 0 Å². The van der Waals surface area contributed by atoms with Gasteiger partial charge in [0.05, 0.1) is 0 Å². The maximum Gasteiger partial charge on any atom is 0.159 e. The Morgan fingerprint density at radius 1 is 1.47 bits per heavy atom. The summed E-state index contributed by atoms with van der Waals surface area (Å²) in [5.41, 5.74) is 0.748. The van der Waals surface area contributed by atoms with E-state index in [9.17, 15) is 4.79 Å². The fourth-order valence-corrected chi connectivity index (χ4v) is 2.69. The van der Waals surface area contributed by atoms with E-state index in [1.165, 1.54) is 0 Å². The molecule has 1 aliphatic rings. The second-order valence-corrected chi connectivity index (χ2v) is 5.33. The van der Waals surface area contributed by atoms with Crippen LogP contribution in [-0.2, 0) is 0 Å². The highest BCUT2D eigenvalue weighted by Gasteiger charge is 2.23. The Bertz CT molecular complexity index is 447. The van der Waals surface area contributed by atoms with Gasteiger partial charge in [0.1, 0.15) is 5.82 Å². The molecule has 1 aromatic heterocycles. The molecule has 0 aromatic carbocycles. The fraction of sp³-hybridized carbons (Fsp3) is 0.600. The molecule has 1 atom stereocenters. The number of nitrogens with zero attached hydrogens (tertiary/aromatic N) is 3. The third-order valence-corrected chi connectivity index (χ3v) is 3.82. The van der Waals surface area contributed by atoms with Crippen molar-refractivity contribution in [2.45, 2.75) is 32.7 Å². The molecule has 0 bridgehead atoms. The van der Waals surface area contributed by atoms with Crippen LogP contribution in [-0.4, -0.2) is 48.4 Å². The summed E-state index contributed by atoms with van der Waals surface area (Å²) in [7, 11) is 2.17. The zero-order valence-corrected chi connectivity index (χ0v) is 12.1. The quantitative estimate of drug-likeness (QED) is 0.782. The van der Waals surface area contributed by atoms with Crippen LogP contribution in [0.15, 0.2) is 18.3 Å². The number of Topliss-reactive ketones (excluding diaryl/α,β-unsaturated/α-hetero) is 1. The van der Waals surface area contributed by atoms with E-state index in [2.05, 4.69) is 28.8 Å². The predicted molar refractivity (Wildman–Crippen MR) is 77.8 cm³/mol. The molecule has 1 saturated heterocycles. The Balaban J connectivity index is 2.27. The lowest BCUT2D eigenvalue weighted by Crippen LogP contribution is -2.40. The number of pyridine rings is 1. The molecule has 4 nitrogen and oxygen atoms in total. The summed E-state index contributed by atoms with van der Waals surface area (Å²) in [4.78, 5) is 20.7. The molecule has 1 aromatic rings. The van der Waals surface area contributed by atoms with Crippen LogP contribution in [0, 0.1) is 0 Å². The Kier molecular flexibility index (Phi) is 4.53. The molecular formula is C15H23N3O. The average molecular weight is 261 g/mol. The average Bonchev–Trinajstić information content (AvgIpc) is 2.60. The summed E-state index contributed by atoms with van der Waals surface area (Å²) in [6, 6.07) is 4.19. The Labute approximate surface area is 115 Å². The van der Waals surface area contributed by atoms with Crippen molar-refractivity contribution in [1.29, 1.82) is 0 Å². The van der Waals surface area contributed by atoms with Crippen LogP contribution in [0.25, 0.3) is 0 Å². The first-order valence-electron chi connectivity index (χ1n) is 7.04. The van der Waals surface area contributed by atoms with Gasteiger partial charge in [0.25, 0.3) is 0 Å². The van der Waals surface area contributed by atoms with Gasteiger partial charge in [-0.2, -0.15) is 0 Å². The minimum atomic E-state index is 0.101. The third-order valence-electron chi connectivity index (χ3n) is 3.82. The van der Waals surface area contributed by atoms with Crippen LogP contribution in [0.1, 0.15) is 37.0 Å². The minimum Gasteiger partial charge on any atom is -0.352 e. The molecule has 1 unspecified atom stereocenters. The topological polar surface area (TPSA) is 36.4 Å². The van der Waals surface area contributed by atoms with E-state index in [1.807, 2.05) is 6.07 Å². The summed E-state index contributed by atoms with van der Waals surface area (Å²) < 4.78 is 0. The maximum atomic E-state index is 11.5. The lowest BCUT2D eigenvalue weighted by molar-refractivity contribution is 0.101. The Morgan fingerprint density at radius 2 is 2.26 bits per heavy atom. The van der Waals surface area contributed by atoms with E-state index in [0.29, 0.717) is 6.04 Å². The summed E-state index contributed by atoms with van der Waals surface area (Å²) in [5.74, 6) is 1.04. The molecule has 0 amide bonds. The van der Waals surface area contributed by atoms with Gasteiger partial charge in [0.2, 0.25) is 0 Å². The van der Waals surface area contributed by atoms with E-state index in [0.717, 1.165) is 43.9 Å². The summed E-state index contributed by atoms with van der Waals surface area (Å²) in [5, 5.41) is 0. The first-order valence-corrected chi connectivity index (χ1v) is 7.04. The van der Waals surface area contributed by atoms with Gasteiger partial charge in [-0.25, -0.2) is 4.98 Å². The van der Waals surface area contributed by atoms with Crippen molar-refractivity contribution in [1.82, 2.24) is 9.88 Å². The van der Waals surface area contributed by atoms with Gasteiger partial charge >= 0.3 is 0 Å². The number of likely N-dealkylation sites (N-methyl/N-ethyl adjacent to an activating group) is 1. The Morgan fingerprint density at radius 3 is 2.95 bits per heavy atom. The largest absolute Gasteiger partial charge is 0.352 e. The van der Waals surface area contributed by atoms with E-state index in [4.69, 9.17) is 0 Å². The van der Waals surface area contributed by atoms with Crippen LogP contribution in [0.4, 0.5) is 5.82 Å². The number of ketones is 1. The van der Waals surface area contributed by atoms with E-state index in [1.54, 1.807) is 19.2 Å². The molecule has 0 aliphatic carbocycles. The predicted octanol–water partition coefficient (Wildman–Crippen LogP) is 2.20. The molecule has 4 heteroatoms. The van der Waals surface area contributed by atoms with Gasteiger partial charge in [-0.3, -0.25) is 4.79 Å². The molecular weight excluding hydrogens is 238 g/mol. The van der Waals surface area contributed by atoms with Gasteiger partial charge in [-0.1, -0.05) is 6.92 Å². The molecule has 0 radical (unpaired) electrons. The van der Waals surface area contributed by atoms with Crippen LogP contribution in [0.2, 0.25) is 0 Å². The van der Waals surface area contributed by atoms with Gasteiger partial charge < -0.3 is 9.80 Å². The standard InChI is InChI=1S/C15H23N3O/c1-4-14-11-17(3)8-5-9-18(14)15-10-13(12(2)19)6-7-16-15/h6-7,10,14H,4-5,8-9,11H2,1-3H3. The minimum absolute atomic E-state index is 0.101. The monoisotopic (exact) mass is 261 g/mol. The maximum absolute atomic E-state index is 11.5. The number of hydrogen-bond donors (Lipinski definition) is 0. The highest BCUT2D eigenvalue weighted by Crippen LogP contribution is 2.20. The highest BCUT2D eigenvalue weighted by atomic mass is 16.1. The number of hydrogen-bond acceptors (Lipinski definition) is 4. The van der Waals surface area contributed by atoms with Gasteiger partial charge in [-0.15, -0.1) is 0 Å². The van der Waals surface area contributed by atoms with Gasteiger partial charge in [-0.05, 0) is 45.5 Å². The lowest BCUT2D eigenvalue weighted by Gasteiger charge is -2.31. The molecule has 0 saturated carbocycles. The number of rotatable bonds is 3. The van der Waals surface area contributed by atoms with E-state index < -0.39 is 0 Å². The highest BCUT2D eigenvalue weighted by molar-refractivity contribution is 5.94. The van der Waals surface area contributed by atoms with Gasteiger partial charge in [0.15, 0.2) is 5.78 Å². The normalized spacial score (nSPS) is 21.2. The molecule has 1 aliphatic heterocycles. The molecule has 19 heavy (non-hydrogen) atoms. The zero-order chi connectivity index (χ0) is 13.8. The van der Waals surface area contributed by atoms with Gasteiger partial charge in [0, 0.05) is 30.9 Å². The van der Waals surface area contributed by atoms with E-state index in [-0.39, 0.29) is 5.78 Å². The van der Waals surface area contributed by atoms with Crippen molar-refractivity contribution in [3.05, 3.63) is 23.9 Å². The van der Waals surface area contributed by atoms with Crippen molar-refractivity contribution in [2.75, 3.05) is 31.6 Å². The van der Waals surface area contributed by atoms with Crippen molar-refractivity contribution in [2.24, 2.45) is 0 Å². The zero-order valence-electron chi connectivity index (χ0n) is 12.1. The molecule has 2 rings (SSSR count). The molecule has 2 heterocycles. The molecule has 0 spiro atoms. The lowest BCUT2D eigenvalue weighted by atomic mass is 10.1. The SMILES string of the molecule is CCC1CN(C)CCCN1c1cc(C(C)=O)ccn1. The number of carbonyl (C=O) groups is 1. The summed E-state index contributed by atoms with van der Waals surface area (Å²) >= 11 is 0. The first kappa shape index (κ1) is 14.0. The van der Waals surface area contributed by atoms with Crippen LogP contribution >= 0.6 is 0 Å². The molecule has 104 valence electrons.